The minimum Gasteiger partial charge on any atom is -0.504 e. The lowest BCUT2D eigenvalue weighted by atomic mass is 9.83. The van der Waals surface area contributed by atoms with E-state index in [1.807, 2.05) is 60.7 Å². The highest BCUT2D eigenvalue weighted by molar-refractivity contribution is 6.25. The molecule has 0 bridgehead atoms. The van der Waals surface area contributed by atoms with Gasteiger partial charge in [-0.15, -0.1) is 0 Å². The van der Waals surface area contributed by atoms with Crippen LogP contribution in [-0.4, -0.2) is 43.4 Å². The van der Waals surface area contributed by atoms with E-state index in [1.54, 1.807) is 24.5 Å². The van der Waals surface area contributed by atoms with Gasteiger partial charge in [-0.3, -0.25) is 24.5 Å². The SMILES string of the molecule is O=C1c2cccc3c(C(Cc4ccccn4)Cc4ccccn4)ccc(c23)C(=O)N1CCc1ccc(O)c(O)c1. The van der Waals surface area contributed by atoms with E-state index in [2.05, 4.69) is 9.97 Å². The molecule has 1 aliphatic rings. The molecule has 0 atom stereocenters. The van der Waals surface area contributed by atoms with Gasteiger partial charge in [0, 0.05) is 46.8 Å². The van der Waals surface area contributed by atoms with E-state index in [4.69, 9.17) is 0 Å². The third kappa shape index (κ3) is 4.78. The molecule has 1 aliphatic heterocycles. The quantitative estimate of drug-likeness (QED) is 0.205. The Morgan fingerprint density at radius 2 is 1.38 bits per heavy atom. The summed E-state index contributed by atoms with van der Waals surface area (Å²) in [4.78, 5) is 37.6. The monoisotopic (exact) mass is 529 g/mol. The van der Waals surface area contributed by atoms with Gasteiger partial charge in [-0.2, -0.15) is 0 Å². The Kier molecular flexibility index (Phi) is 6.70. The number of hydrogen-bond donors (Lipinski definition) is 2. The second-order valence-corrected chi connectivity index (χ2v) is 10.0. The van der Waals surface area contributed by atoms with Crippen LogP contribution < -0.4 is 0 Å². The van der Waals surface area contributed by atoms with Crippen LogP contribution in [0.4, 0.5) is 0 Å². The maximum atomic E-state index is 13.6. The van der Waals surface area contributed by atoms with Gasteiger partial charge in [0.25, 0.3) is 11.8 Å². The summed E-state index contributed by atoms with van der Waals surface area (Å²) < 4.78 is 0. The van der Waals surface area contributed by atoms with Crippen LogP contribution in [0.25, 0.3) is 10.8 Å². The van der Waals surface area contributed by atoms with Crippen LogP contribution >= 0.6 is 0 Å². The van der Waals surface area contributed by atoms with E-state index in [-0.39, 0.29) is 35.8 Å². The molecule has 6 rings (SSSR count). The molecular formula is C33H27N3O4. The second kappa shape index (κ2) is 10.6. The molecule has 0 saturated heterocycles. The molecule has 2 N–H and O–H groups in total. The first-order valence-corrected chi connectivity index (χ1v) is 13.2. The third-order valence-corrected chi connectivity index (χ3v) is 7.49. The topological polar surface area (TPSA) is 104 Å². The number of carbonyl (C=O) groups excluding carboxylic acids is 2. The van der Waals surface area contributed by atoms with Gasteiger partial charge in [0.15, 0.2) is 11.5 Å². The first-order chi connectivity index (χ1) is 19.5. The number of hydrogen-bond acceptors (Lipinski definition) is 6. The van der Waals surface area contributed by atoms with E-state index in [9.17, 15) is 19.8 Å². The zero-order chi connectivity index (χ0) is 27.6. The summed E-state index contributed by atoms with van der Waals surface area (Å²) in [5.41, 5.74) is 4.67. The highest BCUT2D eigenvalue weighted by atomic mass is 16.3. The summed E-state index contributed by atoms with van der Waals surface area (Å²) in [7, 11) is 0. The van der Waals surface area contributed by atoms with E-state index in [0.717, 1.165) is 22.3 Å². The lowest BCUT2D eigenvalue weighted by molar-refractivity contribution is 0.0612. The van der Waals surface area contributed by atoms with Crippen LogP contribution in [0, 0.1) is 0 Å². The number of imide groups is 1. The molecule has 40 heavy (non-hydrogen) atoms. The summed E-state index contributed by atoms with van der Waals surface area (Å²) in [6, 6.07) is 25.7. The zero-order valence-corrected chi connectivity index (χ0v) is 21.7. The molecule has 2 amide bonds. The Hall–Kier alpha value is -5.04. The Labute approximate surface area is 231 Å². The molecule has 0 saturated carbocycles. The van der Waals surface area contributed by atoms with E-state index >= 15 is 0 Å². The van der Waals surface area contributed by atoms with Crippen LogP contribution in [-0.2, 0) is 19.3 Å². The highest BCUT2D eigenvalue weighted by Gasteiger charge is 2.33. The Balaban J connectivity index is 1.37. The molecule has 0 unspecified atom stereocenters. The van der Waals surface area contributed by atoms with Crippen LogP contribution in [0.15, 0.2) is 97.3 Å². The summed E-state index contributed by atoms with van der Waals surface area (Å²) in [6.07, 6.45) is 5.30. The van der Waals surface area contributed by atoms with Crippen molar-refractivity contribution in [1.82, 2.24) is 14.9 Å². The normalized spacial score (nSPS) is 12.9. The number of benzene rings is 3. The number of nitrogens with zero attached hydrogens (tertiary/aromatic N) is 3. The van der Waals surface area contributed by atoms with Crippen molar-refractivity contribution in [3.8, 4) is 11.5 Å². The molecule has 3 aromatic carbocycles. The molecule has 0 aliphatic carbocycles. The Bertz CT molecular complexity index is 1660. The van der Waals surface area contributed by atoms with Crippen molar-refractivity contribution in [2.75, 3.05) is 6.54 Å². The van der Waals surface area contributed by atoms with Gasteiger partial charge in [-0.1, -0.05) is 36.4 Å². The molecule has 7 heteroatoms. The minimum absolute atomic E-state index is 0.0273. The van der Waals surface area contributed by atoms with Crippen molar-refractivity contribution >= 4 is 22.6 Å². The minimum atomic E-state index is -0.339. The molecule has 0 fully saturated rings. The molecule has 198 valence electrons. The number of aromatic hydroxyl groups is 2. The first-order valence-electron chi connectivity index (χ1n) is 13.2. The first kappa shape index (κ1) is 25.2. The van der Waals surface area contributed by atoms with Crippen LogP contribution in [0.2, 0.25) is 0 Å². The maximum Gasteiger partial charge on any atom is 0.261 e. The maximum absolute atomic E-state index is 13.6. The number of carbonyl (C=O) groups is 2. The highest BCUT2D eigenvalue weighted by Crippen LogP contribution is 2.37. The van der Waals surface area contributed by atoms with Crippen LogP contribution in [0.1, 0.15) is 49.1 Å². The standard InChI is InChI=1S/C33H27N3O4/c37-29-13-10-21(18-30(29)38)14-17-36-32(39)27-9-5-8-26-25(11-12-28(31(26)27)33(36)40)22(19-23-6-1-3-15-34-23)20-24-7-2-4-16-35-24/h1-13,15-16,18,22,37-38H,14,17,19-20H2. The van der Waals surface area contributed by atoms with Gasteiger partial charge in [0.1, 0.15) is 0 Å². The summed E-state index contributed by atoms with van der Waals surface area (Å²) >= 11 is 0. The largest absolute Gasteiger partial charge is 0.504 e. The van der Waals surface area contributed by atoms with Gasteiger partial charge in [-0.25, -0.2) is 0 Å². The van der Waals surface area contributed by atoms with Crippen LogP contribution in [0.5, 0.6) is 11.5 Å². The zero-order valence-electron chi connectivity index (χ0n) is 21.7. The van der Waals surface area contributed by atoms with Crippen molar-refractivity contribution in [2.45, 2.75) is 25.2 Å². The number of aromatic nitrogens is 2. The van der Waals surface area contributed by atoms with Crippen molar-refractivity contribution in [1.29, 1.82) is 0 Å². The number of pyridine rings is 2. The fourth-order valence-corrected chi connectivity index (χ4v) is 5.53. The van der Waals surface area contributed by atoms with Gasteiger partial charge in [-0.05, 0) is 90.2 Å². The fourth-order valence-electron chi connectivity index (χ4n) is 5.53. The van der Waals surface area contributed by atoms with Gasteiger partial charge < -0.3 is 10.2 Å². The fraction of sp³-hybridized carbons (Fsp3) is 0.152. The lowest BCUT2D eigenvalue weighted by Crippen LogP contribution is -2.41. The predicted octanol–water partition coefficient (Wildman–Crippen LogP) is 5.45. The summed E-state index contributed by atoms with van der Waals surface area (Å²) in [6.45, 7) is 0.154. The molecule has 7 nitrogen and oxygen atoms in total. The number of amides is 2. The van der Waals surface area contributed by atoms with Gasteiger partial charge in [0.2, 0.25) is 0 Å². The van der Waals surface area contributed by atoms with Crippen LogP contribution in [0.3, 0.4) is 0 Å². The molecule has 0 spiro atoms. The van der Waals surface area contributed by atoms with Crippen molar-refractivity contribution < 1.29 is 19.8 Å². The third-order valence-electron chi connectivity index (χ3n) is 7.49. The average Bonchev–Trinajstić information content (AvgIpc) is 2.98. The molecule has 5 aromatic rings. The molecule has 0 radical (unpaired) electrons. The smallest absolute Gasteiger partial charge is 0.261 e. The number of phenols is 2. The predicted molar refractivity (Wildman–Crippen MR) is 151 cm³/mol. The van der Waals surface area contributed by atoms with E-state index in [0.29, 0.717) is 41.3 Å². The summed E-state index contributed by atoms with van der Waals surface area (Å²) in [5, 5.41) is 21.0. The molecule has 3 heterocycles. The van der Waals surface area contributed by atoms with Gasteiger partial charge >= 0.3 is 0 Å². The Morgan fingerprint density at radius 3 is 2.00 bits per heavy atom. The van der Waals surface area contributed by atoms with E-state index in [1.165, 1.54) is 17.0 Å². The summed E-state index contributed by atoms with van der Waals surface area (Å²) in [5.74, 6) is -1.10. The second-order valence-electron chi connectivity index (χ2n) is 10.0. The molecule has 2 aromatic heterocycles. The average molecular weight is 530 g/mol. The Morgan fingerprint density at radius 1 is 0.700 bits per heavy atom. The molecular weight excluding hydrogens is 502 g/mol. The lowest BCUT2D eigenvalue weighted by Gasteiger charge is -2.29. The van der Waals surface area contributed by atoms with Crippen molar-refractivity contribution in [2.24, 2.45) is 0 Å². The van der Waals surface area contributed by atoms with Crippen molar-refractivity contribution in [3.63, 3.8) is 0 Å². The van der Waals surface area contributed by atoms with E-state index < -0.39 is 0 Å². The number of rotatable bonds is 8. The number of phenolic OH excluding ortho intramolecular Hbond substituents is 2. The van der Waals surface area contributed by atoms with Crippen molar-refractivity contribution in [3.05, 3.63) is 131 Å². The van der Waals surface area contributed by atoms with Gasteiger partial charge in [0.05, 0.1) is 0 Å².